The van der Waals surface area contributed by atoms with Gasteiger partial charge in [0.25, 0.3) is 0 Å². The van der Waals surface area contributed by atoms with Gasteiger partial charge in [0.15, 0.2) is 0 Å². The summed E-state index contributed by atoms with van der Waals surface area (Å²) >= 11 is 0. The summed E-state index contributed by atoms with van der Waals surface area (Å²) in [7, 11) is 3.91. The molecule has 0 fully saturated rings. The molecule has 0 heterocycles. The Hall–Kier alpha value is -2.32. The summed E-state index contributed by atoms with van der Waals surface area (Å²) in [6, 6.07) is 6.86. The van der Waals surface area contributed by atoms with E-state index >= 15 is 0 Å². The van der Waals surface area contributed by atoms with Crippen molar-refractivity contribution >= 4 is 23.6 Å². The van der Waals surface area contributed by atoms with Gasteiger partial charge in [0.2, 0.25) is 0 Å². The molecule has 0 unspecified atom stereocenters. The molecule has 1 rings (SSSR count). The summed E-state index contributed by atoms with van der Waals surface area (Å²) in [5.41, 5.74) is 1.19. The number of hydrogen-bond acceptors (Lipinski definition) is 6. The van der Waals surface area contributed by atoms with E-state index in [0.717, 1.165) is 25.9 Å². The van der Waals surface area contributed by atoms with Crippen LogP contribution in [-0.4, -0.2) is 62.6 Å². The Bertz CT molecular complexity index is 668. The number of nitrogens with one attached hydrogen (secondary N) is 2. The van der Waals surface area contributed by atoms with Crippen LogP contribution in [0.1, 0.15) is 104 Å². The minimum atomic E-state index is -0.500. The lowest BCUT2D eigenvalue weighted by molar-refractivity contribution is 0.0917. The second-order valence-electron chi connectivity index (χ2n) is 10.4. The van der Waals surface area contributed by atoms with Gasteiger partial charge in [-0.05, 0) is 51.2 Å². The first kappa shape index (κ1) is 33.7. The highest BCUT2D eigenvalue weighted by Gasteiger charge is 2.08. The van der Waals surface area contributed by atoms with Gasteiger partial charge < -0.3 is 9.47 Å². The van der Waals surface area contributed by atoms with E-state index in [0.29, 0.717) is 11.4 Å². The number of nitrogens with zero attached hydrogens (tertiary/aromatic N) is 2. The molecule has 0 bridgehead atoms. The fourth-order valence-electron chi connectivity index (χ4n) is 4.09. The monoisotopic (exact) mass is 534 g/mol. The van der Waals surface area contributed by atoms with Crippen molar-refractivity contribution in [2.24, 2.45) is 0 Å². The van der Waals surface area contributed by atoms with Crippen LogP contribution in [0.2, 0.25) is 0 Å². The molecule has 0 aromatic heterocycles. The maximum Gasteiger partial charge on any atom is 0.412 e. The average molecular weight is 535 g/mol. The lowest BCUT2D eigenvalue weighted by Crippen LogP contribution is -2.27. The zero-order chi connectivity index (χ0) is 27.8. The molecule has 1 aromatic rings. The van der Waals surface area contributed by atoms with Crippen LogP contribution in [0.5, 0.6) is 0 Å². The van der Waals surface area contributed by atoms with Crippen LogP contribution in [0, 0.1) is 0 Å². The van der Waals surface area contributed by atoms with Gasteiger partial charge in [-0.15, -0.1) is 0 Å². The summed E-state index contributed by atoms with van der Waals surface area (Å²) in [4.78, 5) is 28.2. The van der Waals surface area contributed by atoms with Crippen molar-refractivity contribution in [3.05, 3.63) is 24.3 Å². The molecule has 0 spiro atoms. The van der Waals surface area contributed by atoms with Gasteiger partial charge in [-0.3, -0.25) is 20.4 Å². The first-order chi connectivity index (χ1) is 18.4. The number of unbranched alkanes of at least 4 members (excludes halogenated alkanes) is 12. The van der Waals surface area contributed by atoms with Gasteiger partial charge in [0.1, 0.15) is 13.5 Å². The van der Waals surface area contributed by atoms with E-state index in [2.05, 4.69) is 24.5 Å². The Balaban J connectivity index is 2.15. The Labute approximate surface area is 231 Å². The van der Waals surface area contributed by atoms with E-state index in [4.69, 9.17) is 9.47 Å². The zero-order valence-corrected chi connectivity index (χ0v) is 24.6. The van der Waals surface area contributed by atoms with Crippen LogP contribution in [-0.2, 0) is 9.47 Å². The average Bonchev–Trinajstić information content (AvgIpc) is 2.91. The third-order valence-electron chi connectivity index (χ3n) is 6.50. The Morgan fingerprint density at radius 2 is 0.895 bits per heavy atom. The summed E-state index contributed by atoms with van der Waals surface area (Å²) in [6.45, 7) is 6.78. The predicted molar refractivity (Wildman–Crippen MR) is 158 cm³/mol. The van der Waals surface area contributed by atoms with Gasteiger partial charge in [0.05, 0.1) is 0 Å². The molecule has 8 heteroatoms. The molecule has 2 amide bonds. The molecule has 0 saturated heterocycles. The standard InChI is InChI=1S/C30H54N4O4/c1-5-7-9-11-13-15-17-23-33(3)25-37-29(35)31-27-19-21-28(22-20-27)32-30(36)38-26-34(4)24-18-16-14-12-10-8-6-2/h19-22H,5-18,23-26H2,1-4H3,(H,31,35)(H,32,36). The number of hydrogen-bond donors (Lipinski definition) is 2. The molecule has 1 aromatic carbocycles. The van der Waals surface area contributed by atoms with Crippen LogP contribution >= 0.6 is 0 Å². The molecule has 0 aliphatic carbocycles. The molecule has 0 aliphatic rings. The van der Waals surface area contributed by atoms with Crippen LogP contribution in [0.3, 0.4) is 0 Å². The molecule has 8 nitrogen and oxygen atoms in total. The number of amides is 2. The van der Waals surface area contributed by atoms with E-state index in [1.165, 1.54) is 77.0 Å². The normalized spacial score (nSPS) is 11.1. The predicted octanol–water partition coefficient (Wildman–Crippen LogP) is 8.06. The van der Waals surface area contributed by atoms with Crippen molar-refractivity contribution in [1.29, 1.82) is 0 Å². The topological polar surface area (TPSA) is 83.1 Å². The van der Waals surface area contributed by atoms with Gasteiger partial charge >= 0.3 is 12.2 Å². The van der Waals surface area contributed by atoms with E-state index < -0.39 is 12.2 Å². The van der Waals surface area contributed by atoms with Gasteiger partial charge in [0, 0.05) is 24.5 Å². The fourth-order valence-corrected chi connectivity index (χ4v) is 4.09. The summed E-state index contributed by atoms with van der Waals surface area (Å²) in [5, 5.41) is 5.43. The van der Waals surface area contributed by atoms with Crippen molar-refractivity contribution in [3.8, 4) is 0 Å². The number of benzene rings is 1. The van der Waals surface area contributed by atoms with Crippen LogP contribution in [0.25, 0.3) is 0 Å². The Morgan fingerprint density at radius 3 is 1.24 bits per heavy atom. The van der Waals surface area contributed by atoms with Crippen molar-refractivity contribution < 1.29 is 19.1 Å². The SMILES string of the molecule is CCCCCCCCCN(C)COC(=O)Nc1ccc(NC(=O)OCN(C)CCCCCCCCC)cc1. The number of anilines is 2. The lowest BCUT2D eigenvalue weighted by atomic mass is 10.1. The third-order valence-corrected chi connectivity index (χ3v) is 6.50. The minimum Gasteiger partial charge on any atom is -0.433 e. The van der Waals surface area contributed by atoms with Gasteiger partial charge in [-0.1, -0.05) is 90.9 Å². The molecule has 2 N–H and O–H groups in total. The van der Waals surface area contributed by atoms with E-state index in [-0.39, 0.29) is 13.5 Å². The maximum atomic E-state index is 12.1. The highest BCUT2D eigenvalue weighted by atomic mass is 16.6. The molecule has 0 radical (unpaired) electrons. The number of carbonyl (C=O) groups excluding carboxylic acids is 2. The first-order valence-corrected chi connectivity index (χ1v) is 14.8. The number of carbonyl (C=O) groups is 2. The molecule has 218 valence electrons. The van der Waals surface area contributed by atoms with Crippen molar-refractivity contribution in [2.45, 2.75) is 104 Å². The van der Waals surface area contributed by atoms with Gasteiger partial charge in [-0.25, -0.2) is 9.59 Å². The highest BCUT2D eigenvalue weighted by molar-refractivity contribution is 5.87. The summed E-state index contributed by atoms with van der Waals surface area (Å²) in [6.07, 6.45) is 16.7. The largest absolute Gasteiger partial charge is 0.433 e. The van der Waals surface area contributed by atoms with Gasteiger partial charge in [-0.2, -0.15) is 0 Å². The van der Waals surface area contributed by atoms with E-state index in [1.807, 2.05) is 23.9 Å². The molecule has 0 atom stereocenters. The second kappa shape index (κ2) is 22.6. The van der Waals surface area contributed by atoms with E-state index in [9.17, 15) is 9.59 Å². The smallest absolute Gasteiger partial charge is 0.412 e. The molecule has 0 saturated carbocycles. The lowest BCUT2D eigenvalue weighted by Gasteiger charge is -2.17. The first-order valence-electron chi connectivity index (χ1n) is 14.8. The van der Waals surface area contributed by atoms with Crippen LogP contribution in [0.4, 0.5) is 21.0 Å². The summed E-state index contributed by atoms with van der Waals surface area (Å²) in [5.74, 6) is 0. The van der Waals surface area contributed by atoms with E-state index in [1.54, 1.807) is 24.3 Å². The molecular formula is C30H54N4O4. The van der Waals surface area contributed by atoms with Crippen molar-refractivity contribution in [2.75, 3.05) is 51.3 Å². The third kappa shape index (κ3) is 18.9. The molecular weight excluding hydrogens is 480 g/mol. The maximum absolute atomic E-state index is 12.1. The van der Waals surface area contributed by atoms with Crippen molar-refractivity contribution in [3.63, 3.8) is 0 Å². The van der Waals surface area contributed by atoms with Crippen LogP contribution < -0.4 is 10.6 Å². The fraction of sp³-hybridized carbons (Fsp3) is 0.733. The quantitative estimate of drug-likeness (QED) is 0.116. The Morgan fingerprint density at radius 1 is 0.579 bits per heavy atom. The second-order valence-corrected chi connectivity index (χ2v) is 10.4. The molecule has 0 aliphatic heterocycles. The number of rotatable bonds is 22. The minimum absolute atomic E-state index is 0.251. The van der Waals surface area contributed by atoms with Crippen molar-refractivity contribution in [1.82, 2.24) is 9.80 Å². The van der Waals surface area contributed by atoms with Crippen LogP contribution in [0.15, 0.2) is 24.3 Å². The Kier molecular flexibility index (Phi) is 20.1. The number of ether oxygens (including phenoxy) is 2. The summed E-state index contributed by atoms with van der Waals surface area (Å²) < 4.78 is 10.6. The highest BCUT2D eigenvalue weighted by Crippen LogP contribution is 2.14. The molecule has 38 heavy (non-hydrogen) atoms. The zero-order valence-electron chi connectivity index (χ0n) is 24.6.